The third-order valence-corrected chi connectivity index (χ3v) is 3.30. The van der Waals surface area contributed by atoms with Gasteiger partial charge in [0.15, 0.2) is 0 Å². The van der Waals surface area contributed by atoms with Crippen molar-refractivity contribution >= 4 is 11.8 Å². The largest absolute Gasteiger partial charge is 0.508 e. The fraction of sp³-hybridized carbons (Fsp3) is 0.385. The standard InChI is InChI=1S/C13H19NOS/c1-3-9-16-10-8-14-11(2)12-6-4-5-7-13(12)15/h3-7,11,14-15H,1,8-10H2,2H3. The van der Waals surface area contributed by atoms with Gasteiger partial charge in [0.1, 0.15) is 5.75 Å². The second-order valence-corrected chi connectivity index (χ2v) is 4.75. The van der Waals surface area contributed by atoms with Gasteiger partial charge >= 0.3 is 0 Å². The number of hydrogen-bond donors (Lipinski definition) is 2. The summed E-state index contributed by atoms with van der Waals surface area (Å²) in [6, 6.07) is 7.64. The molecule has 0 spiro atoms. The number of phenols is 1. The van der Waals surface area contributed by atoms with E-state index < -0.39 is 0 Å². The monoisotopic (exact) mass is 237 g/mol. The zero-order valence-electron chi connectivity index (χ0n) is 9.65. The molecule has 2 N–H and O–H groups in total. The molecular weight excluding hydrogens is 218 g/mol. The fourth-order valence-corrected chi connectivity index (χ4v) is 2.07. The molecule has 3 heteroatoms. The van der Waals surface area contributed by atoms with Crippen molar-refractivity contribution in [3.63, 3.8) is 0 Å². The van der Waals surface area contributed by atoms with E-state index >= 15 is 0 Å². The molecule has 0 aliphatic heterocycles. The lowest BCUT2D eigenvalue weighted by Gasteiger charge is -2.15. The highest BCUT2D eigenvalue weighted by Gasteiger charge is 2.07. The second-order valence-electron chi connectivity index (χ2n) is 3.60. The first-order valence-electron chi connectivity index (χ1n) is 5.45. The maximum absolute atomic E-state index is 9.66. The van der Waals surface area contributed by atoms with Crippen LogP contribution in [-0.4, -0.2) is 23.2 Å². The van der Waals surface area contributed by atoms with Crippen LogP contribution in [-0.2, 0) is 0 Å². The number of thioether (sulfide) groups is 1. The van der Waals surface area contributed by atoms with Gasteiger partial charge in [-0.3, -0.25) is 0 Å². The van der Waals surface area contributed by atoms with E-state index in [0.29, 0.717) is 5.75 Å². The lowest BCUT2D eigenvalue weighted by atomic mass is 10.1. The molecule has 0 fully saturated rings. The van der Waals surface area contributed by atoms with Gasteiger partial charge in [0.25, 0.3) is 0 Å². The van der Waals surface area contributed by atoms with Crippen molar-refractivity contribution in [2.24, 2.45) is 0 Å². The number of para-hydroxylation sites is 1. The smallest absolute Gasteiger partial charge is 0.120 e. The Morgan fingerprint density at radius 1 is 1.50 bits per heavy atom. The lowest BCUT2D eigenvalue weighted by molar-refractivity contribution is 0.455. The Morgan fingerprint density at radius 3 is 2.94 bits per heavy atom. The lowest BCUT2D eigenvalue weighted by Crippen LogP contribution is -2.21. The van der Waals surface area contributed by atoms with Crippen molar-refractivity contribution in [1.82, 2.24) is 5.32 Å². The molecular formula is C13H19NOS. The highest BCUT2D eigenvalue weighted by Crippen LogP contribution is 2.22. The average Bonchev–Trinajstić information content (AvgIpc) is 2.29. The maximum Gasteiger partial charge on any atom is 0.120 e. The maximum atomic E-state index is 9.66. The zero-order chi connectivity index (χ0) is 11.8. The molecule has 0 radical (unpaired) electrons. The van der Waals surface area contributed by atoms with Crippen LogP contribution in [0.2, 0.25) is 0 Å². The minimum atomic E-state index is 0.186. The van der Waals surface area contributed by atoms with Gasteiger partial charge in [-0.2, -0.15) is 11.8 Å². The molecule has 88 valence electrons. The quantitative estimate of drug-likeness (QED) is 0.565. The molecule has 1 aromatic rings. The van der Waals surface area contributed by atoms with Gasteiger partial charge in [0.05, 0.1) is 0 Å². The summed E-state index contributed by atoms with van der Waals surface area (Å²) >= 11 is 1.85. The number of nitrogens with one attached hydrogen (secondary N) is 1. The van der Waals surface area contributed by atoms with Gasteiger partial charge in [-0.1, -0.05) is 24.3 Å². The number of hydrogen-bond acceptors (Lipinski definition) is 3. The van der Waals surface area contributed by atoms with E-state index in [0.717, 1.165) is 23.6 Å². The summed E-state index contributed by atoms with van der Waals surface area (Å²) in [5.41, 5.74) is 0.955. The van der Waals surface area contributed by atoms with Crippen LogP contribution in [0, 0.1) is 0 Å². The van der Waals surface area contributed by atoms with Crippen molar-refractivity contribution in [2.45, 2.75) is 13.0 Å². The molecule has 0 saturated heterocycles. The summed E-state index contributed by atoms with van der Waals surface area (Å²) in [4.78, 5) is 0. The predicted molar refractivity (Wildman–Crippen MR) is 72.0 cm³/mol. The fourth-order valence-electron chi connectivity index (χ4n) is 1.48. The zero-order valence-corrected chi connectivity index (χ0v) is 10.5. The minimum absolute atomic E-state index is 0.186. The van der Waals surface area contributed by atoms with Crippen LogP contribution in [0.3, 0.4) is 0 Å². The first-order valence-corrected chi connectivity index (χ1v) is 6.61. The Kier molecular flexibility index (Phi) is 6.04. The van der Waals surface area contributed by atoms with Gasteiger partial charge in [-0.25, -0.2) is 0 Å². The molecule has 0 amide bonds. The van der Waals surface area contributed by atoms with E-state index in [4.69, 9.17) is 0 Å². The third kappa shape index (κ3) is 4.29. The van der Waals surface area contributed by atoms with Crippen LogP contribution in [0.1, 0.15) is 18.5 Å². The third-order valence-electron chi connectivity index (χ3n) is 2.34. The molecule has 16 heavy (non-hydrogen) atoms. The van der Waals surface area contributed by atoms with Crippen LogP contribution in [0.5, 0.6) is 5.75 Å². The Bertz CT molecular complexity index is 327. The Balaban J connectivity index is 2.32. The molecule has 0 aliphatic rings. The number of benzene rings is 1. The van der Waals surface area contributed by atoms with Crippen molar-refractivity contribution in [3.05, 3.63) is 42.5 Å². The highest BCUT2D eigenvalue weighted by molar-refractivity contribution is 7.99. The van der Waals surface area contributed by atoms with Crippen molar-refractivity contribution in [1.29, 1.82) is 0 Å². The molecule has 0 heterocycles. The highest BCUT2D eigenvalue weighted by atomic mass is 32.2. The summed E-state index contributed by atoms with van der Waals surface area (Å²) in [5, 5.41) is 13.0. The summed E-state index contributed by atoms with van der Waals surface area (Å²) in [6.07, 6.45) is 1.91. The molecule has 0 bridgehead atoms. The molecule has 1 rings (SSSR count). The Labute approximate surface area is 102 Å². The van der Waals surface area contributed by atoms with Crippen molar-refractivity contribution < 1.29 is 5.11 Å². The van der Waals surface area contributed by atoms with Crippen molar-refractivity contribution in [2.75, 3.05) is 18.1 Å². The normalized spacial score (nSPS) is 12.3. The number of rotatable bonds is 7. The Hall–Kier alpha value is -0.930. The predicted octanol–water partition coefficient (Wildman–Crippen LogP) is 2.96. The number of aromatic hydroxyl groups is 1. The van der Waals surface area contributed by atoms with E-state index in [1.807, 2.05) is 36.0 Å². The molecule has 1 unspecified atom stereocenters. The van der Waals surface area contributed by atoms with E-state index in [1.165, 1.54) is 0 Å². The van der Waals surface area contributed by atoms with Gasteiger partial charge in [0, 0.05) is 29.7 Å². The summed E-state index contributed by atoms with van der Waals surface area (Å²) in [6.45, 7) is 6.68. The van der Waals surface area contributed by atoms with E-state index in [2.05, 4.69) is 18.8 Å². The molecule has 1 aromatic carbocycles. The SMILES string of the molecule is C=CCSCCNC(C)c1ccccc1O. The van der Waals surface area contributed by atoms with Gasteiger partial charge in [-0.15, -0.1) is 6.58 Å². The summed E-state index contributed by atoms with van der Waals surface area (Å²) in [7, 11) is 0. The van der Waals surface area contributed by atoms with Crippen LogP contribution in [0.4, 0.5) is 0 Å². The van der Waals surface area contributed by atoms with E-state index in [-0.39, 0.29) is 6.04 Å². The second kappa shape index (κ2) is 7.36. The number of phenolic OH excluding ortho intramolecular Hbond substituents is 1. The molecule has 0 aliphatic carbocycles. The van der Waals surface area contributed by atoms with Crippen LogP contribution < -0.4 is 5.32 Å². The van der Waals surface area contributed by atoms with Crippen LogP contribution >= 0.6 is 11.8 Å². The average molecular weight is 237 g/mol. The first kappa shape index (κ1) is 13.1. The van der Waals surface area contributed by atoms with E-state index in [9.17, 15) is 5.11 Å². The van der Waals surface area contributed by atoms with Crippen molar-refractivity contribution in [3.8, 4) is 5.75 Å². The molecule has 2 nitrogen and oxygen atoms in total. The van der Waals surface area contributed by atoms with Gasteiger partial charge in [0.2, 0.25) is 0 Å². The van der Waals surface area contributed by atoms with Gasteiger partial charge in [-0.05, 0) is 13.0 Å². The topological polar surface area (TPSA) is 32.3 Å². The summed E-state index contributed by atoms with van der Waals surface area (Å²) < 4.78 is 0. The van der Waals surface area contributed by atoms with E-state index in [1.54, 1.807) is 6.07 Å². The van der Waals surface area contributed by atoms with Crippen LogP contribution in [0.15, 0.2) is 36.9 Å². The van der Waals surface area contributed by atoms with Gasteiger partial charge < -0.3 is 10.4 Å². The van der Waals surface area contributed by atoms with Crippen LogP contribution in [0.25, 0.3) is 0 Å². The molecule has 1 atom stereocenters. The molecule has 0 aromatic heterocycles. The summed E-state index contributed by atoms with van der Waals surface area (Å²) in [5.74, 6) is 2.41. The molecule has 0 saturated carbocycles. The Morgan fingerprint density at radius 2 is 2.25 bits per heavy atom. The minimum Gasteiger partial charge on any atom is -0.508 e. The first-order chi connectivity index (χ1) is 7.75.